The van der Waals surface area contributed by atoms with Crippen LogP contribution in [0.3, 0.4) is 0 Å². The van der Waals surface area contributed by atoms with E-state index in [0.29, 0.717) is 32.7 Å². The minimum absolute atomic E-state index is 0.0661. The van der Waals surface area contributed by atoms with Gasteiger partial charge in [0.2, 0.25) is 0 Å². The van der Waals surface area contributed by atoms with E-state index in [-0.39, 0.29) is 12.2 Å². The van der Waals surface area contributed by atoms with Gasteiger partial charge in [-0.15, -0.1) is 0 Å². The van der Waals surface area contributed by atoms with Crippen molar-refractivity contribution >= 4 is 6.09 Å². The predicted molar refractivity (Wildman–Crippen MR) is 65.0 cm³/mol. The third-order valence-electron chi connectivity index (χ3n) is 3.02. The van der Waals surface area contributed by atoms with Crippen LogP contribution < -0.4 is 5.73 Å². The van der Waals surface area contributed by atoms with Crippen molar-refractivity contribution in [2.24, 2.45) is 5.73 Å². The lowest BCUT2D eigenvalue weighted by molar-refractivity contribution is -0.155. The first kappa shape index (κ1) is 13.6. The lowest BCUT2D eigenvalue weighted by Crippen LogP contribution is -2.40. The lowest BCUT2D eigenvalue weighted by Gasteiger charge is -2.26. The number of hydrogen-bond donors (Lipinski definition) is 1. The first-order chi connectivity index (χ1) is 8.34. The highest BCUT2D eigenvalue weighted by molar-refractivity contribution is 5.68. The Morgan fingerprint density at radius 3 is 2.83 bits per heavy atom. The largest absolute Gasteiger partial charge is 0.444 e. The molecule has 0 aromatic heterocycles. The molecule has 0 saturated carbocycles. The SMILES string of the molecule is CC(C)(C)OC(=O)N1CCC2(C1)OCC(CN)O2. The van der Waals surface area contributed by atoms with Gasteiger partial charge < -0.3 is 24.8 Å². The zero-order valence-electron chi connectivity index (χ0n) is 11.3. The van der Waals surface area contributed by atoms with Crippen molar-refractivity contribution in [1.29, 1.82) is 0 Å². The van der Waals surface area contributed by atoms with E-state index in [9.17, 15) is 4.79 Å². The maximum absolute atomic E-state index is 11.9. The Labute approximate surface area is 107 Å². The highest BCUT2D eigenvalue weighted by Crippen LogP contribution is 2.33. The van der Waals surface area contributed by atoms with Crippen molar-refractivity contribution < 1.29 is 19.0 Å². The van der Waals surface area contributed by atoms with Crippen LogP contribution >= 0.6 is 0 Å². The highest BCUT2D eigenvalue weighted by atomic mass is 16.7. The Hall–Kier alpha value is -0.850. The number of likely N-dealkylation sites (tertiary alicyclic amines) is 1. The zero-order chi connectivity index (χ0) is 13.4. The van der Waals surface area contributed by atoms with Gasteiger partial charge in [0, 0.05) is 19.5 Å². The van der Waals surface area contributed by atoms with Gasteiger partial charge in [-0.1, -0.05) is 0 Å². The number of amides is 1. The second kappa shape index (κ2) is 4.68. The summed E-state index contributed by atoms with van der Waals surface area (Å²) in [6.07, 6.45) is 0.286. The van der Waals surface area contributed by atoms with Crippen LogP contribution in [-0.2, 0) is 14.2 Å². The summed E-state index contributed by atoms with van der Waals surface area (Å²) in [6, 6.07) is 0. The molecule has 2 aliphatic rings. The first-order valence-corrected chi connectivity index (χ1v) is 6.33. The summed E-state index contributed by atoms with van der Waals surface area (Å²) in [6.45, 7) is 7.49. The Morgan fingerprint density at radius 2 is 2.28 bits per heavy atom. The van der Waals surface area contributed by atoms with Gasteiger partial charge in [0.05, 0.1) is 19.3 Å². The number of ether oxygens (including phenoxy) is 3. The third kappa shape index (κ3) is 2.93. The average molecular weight is 258 g/mol. The summed E-state index contributed by atoms with van der Waals surface area (Å²) in [7, 11) is 0. The van der Waals surface area contributed by atoms with E-state index in [1.807, 2.05) is 20.8 Å². The van der Waals surface area contributed by atoms with E-state index in [0.717, 1.165) is 0 Å². The number of nitrogens with two attached hydrogens (primary N) is 1. The maximum Gasteiger partial charge on any atom is 0.410 e. The zero-order valence-corrected chi connectivity index (χ0v) is 11.3. The smallest absolute Gasteiger partial charge is 0.410 e. The molecule has 6 heteroatoms. The molecule has 2 atom stereocenters. The third-order valence-corrected chi connectivity index (χ3v) is 3.02. The molecule has 0 aromatic carbocycles. The molecular weight excluding hydrogens is 236 g/mol. The number of carbonyl (C=O) groups is 1. The molecule has 2 heterocycles. The van der Waals surface area contributed by atoms with E-state index in [1.54, 1.807) is 4.90 Å². The average Bonchev–Trinajstić information content (AvgIpc) is 2.84. The second-order valence-electron chi connectivity index (χ2n) is 5.85. The molecule has 2 rings (SSSR count). The van der Waals surface area contributed by atoms with E-state index in [1.165, 1.54) is 0 Å². The predicted octanol–water partition coefficient (Wildman–Crippen LogP) is 0.698. The van der Waals surface area contributed by atoms with Crippen LogP contribution in [0.2, 0.25) is 0 Å². The first-order valence-electron chi connectivity index (χ1n) is 6.33. The number of rotatable bonds is 1. The molecular formula is C12H22N2O4. The molecule has 0 bridgehead atoms. The van der Waals surface area contributed by atoms with Crippen molar-refractivity contribution in [2.75, 3.05) is 26.2 Å². The summed E-state index contributed by atoms with van der Waals surface area (Å²) in [5.41, 5.74) is 5.07. The summed E-state index contributed by atoms with van der Waals surface area (Å²) < 4.78 is 16.8. The van der Waals surface area contributed by atoms with Crippen LogP contribution in [0.25, 0.3) is 0 Å². The molecule has 0 aliphatic carbocycles. The molecule has 2 fully saturated rings. The molecule has 6 nitrogen and oxygen atoms in total. The molecule has 1 spiro atoms. The number of carbonyl (C=O) groups excluding carboxylic acids is 1. The summed E-state index contributed by atoms with van der Waals surface area (Å²) in [5, 5.41) is 0. The highest BCUT2D eigenvalue weighted by Gasteiger charge is 2.48. The molecule has 18 heavy (non-hydrogen) atoms. The van der Waals surface area contributed by atoms with Gasteiger partial charge in [0.1, 0.15) is 5.60 Å². The Kier molecular flexibility index (Phi) is 3.53. The van der Waals surface area contributed by atoms with Gasteiger partial charge in [-0.2, -0.15) is 0 Å². The van der Waals surface area contributed by atoms with Crippen LogP contribution in [0.4, 0.5) is 4.79 Å². The fourth-order valence-electron chi connectivity index (χ4n) is 2.18. The van der Waals surface area contributed by atoms with Gasteiger partial charge >= 0.3 is 6.09 Å². The lowest BCUT2D eigenvalue weighted by atomic mass is 10.2. The van der Waals surface area contributed by atoms with Crippen molar-refractivity contribution in [2.45, 2.75) is 44.7 Å². The fraction of sp³-hybridized carbons (Fsp3) is 0.917. The van der Waals surface area contributed by atoms with Crippen LogP contribution in [0, 0.1) is 0 Å². The van der Waals surface area contributed by atoms with E-state index in [4.69, 9.17) is 19.9 Å². The van der Waals surface area contributed by atoms with Crippen LogP contribution in [0.1, 0.15) is 27.2 Å². The summed E-state index contributed by atoms with van der Waals surface area (Å²) in [4.78, 5) is 13.5. The molecule has 2 N–H and O–H groups in total. The molecule has 1 amide bonds. The molecule has 0 radical (unpaired) electrons. The number of nitrogens with zero attached hydrogens (tertiary/aromatic N) is 1. The van der Waals surface area contributed by atoms with Gasteiger partial charge in [0.25, 0.3) is 0 Å². The Balaban J connectivity index is 1.91. The monoisotopic (exact) mass is 258 g/mol. The normalized spacial score (nSPS) is 32.2. The minimum Gasteiger partial charge on any atom is -0.444 e. The van der Waals surface area contributed by atoms with Crippen molar-refractivity contribution in [3.63, 3.8) is 0 Å². The van der Waals surface area contributed by atoms with Crippen molar-refractivity contribution in [1.82, 2.24) is 4.90 Å². The molecule has 2 aliphatic heterocycles. The van der Waals surface area contributed by atoms with Crippen LogP contribution in [-0.4, -0.2) is 54.7 Å². The molecule has 104 valence electrons. The van der Waals surface area contributed by atoms with Gasteiger partial charge in [-0.05, 0) is 20.8 Å². The van der Waals surface area contributed by atoms with Gasteiger partial charge in [-0.25, -0.2) is 4.79 Å². The quantitative estimate of drug-likeness (QED) is 0.749. The second-order valence-corrected chi connectivity index (χ2v) is 5.85. The summed E-state index contributed by atoms with van der Waals surface area (Å²) in [5.74, 6) is -0.666. The van der Waals surface area contributed by atoms with E-state index < -0.39 is 11.4 Å². The van der Waals surface area contributed by atoms with E-state index >= 15 is 0 Å². The standard InChI is InChI=1S/C12H22N2O4/c1-11(2,3)18-10(15)14-5-4-12(8-14)16-7-9(6-13)17-12/h9H,4-8,13H2,1-3H3. The maximum atomic E-state index is 11.9. The van der Waals surface area contributed by atoms with Gasteiger partial charge in [-0.3, -0.25) is 0 Å². The van der Waals surface area contributed by atoms with Crippen molar-refractivity contribution in [3.05, 3.63) is 0 Å². The van der Waals surface area contributed by atoms with E-state index in [2.05, 4.69) is 0 Å². The van der Waals surface area contributed by atoms with Crippen LogP contribution in [0.5, 0.6) is 0 Å². The topological polar surface area (TPSA) is 74.0 Å². The molecule has 2 unspecified atom stereocenters. The molecule has 0 aromatic rings. The Bertz CT molecular complexity index is 329. The number of hydrogen-bond acceptors (Lipinski definition) is 5. The summed E-state index contributed by atoms with van der Waals surface area (Å²) >= 11 is 0. The Morgan fingerprint density at radius 1 is 1.56 bits per heavy atom. The fourth-order valence-corrected chi connectivity index (χ4v) is 2.18. The van der Waals surface area contributed by atoms with Gasteiger partial charge in [0.15, 0.2) is 5.79 Å². The van der Waals surface area contributed by atoms with Crippen LogP contribution in [0.15, 0.2) is 0 Å². The minimum atomic E-state index is -0.666. The molecule has 2 saturated heterocycles. The van der Waals surface area contributed by atoms with Crippen molar-refractivity contribution in [3.8, 4) is 0 Å².